The van der Waals surface area contributed by atoms with Crippen LogP contribution < -0.4 is 15.4 Å². The van der Waals surface area contributed by atoms with Gasteiger partial charge in [0.2, 0.25) is 10.0 Å². The molecule has 14 heteroatoms. The third-order valence-electron chi connectivity index (χ3n) is 7.49. The van der Waals surface area contributed by atoms with E-state index in [-0.39, 0.29) is 23.7 Å². The summed E-state index contributed by atoms with van der Waals surface area (Å²) in [6.07, 6.45) is 4.83. The first kappa shape index (κ1) is 28.6. The van der Waals surface area contributed by atoms with Crippen LogP contribution in [0, 0.1) is 6.92 Å². The highest BCUT2D eigenvalue weighted by atomic mass is 35.5. The molecular weight excluding hydrogens is 558 g/mol. The lowest BCUT2D eigenvalue weighted by atomic mass is 9.97. The van der Waals surface area contributed by atoms with Gasteiger partial charge >= 0.3 is 5.97 Å². The molecule has 12 nitrogen and oxygen atoms in total. The number of aromatic nitrogens is 3. The van der Waals surface area contributed by atoms with Gasteiger partial charge in [-0.15, -0.1) is 0 Å². The second-order valence-electron chi connectivity index (χ2n) is 10.5. The predicted molar refractivity (Wildman–Crippen MR) is 152 cm³/mol. The summed E-state index contributed by atoms with van der Waals surface area (Å²) in [7, 11) is -2.21. The van der Waals surface area contributed by atoms with E-state index in [2.05, 4.69) is 4.72 Å². The number of likely N-dealkylation sites (tertiary alicyclic amines) is 1. The molecule has 4 atom stereocenters. The number of nitrogens with two attached hydrogens (primary N) is 1. The summed E-state index contributed by atoms with van der Waals surface area (Å²) in [5.74, 6) is 0.305. The Labute approximate surface area is 238 Å². The maximum Gasteiger partial charge on any atom is 0.328 e. The van der Waals surface area contributed by atoms with E-state index in [9.17, 15) is 18.3 Å². The minimum absolute atomic E-state index is 0.173. The van der Waals surface area contributed by atoms with Gasteiger partial charge in [0.15, 0.2) is 5.65 Å². The lowest BCUT2D eigenvalue weighted by molar-refractivity contribution is -0.142. The number of nitrogens with zero attached hydrogens (tertiary/aromatic N) is 5. The minimum Gasteiger partial charge on any atom is -0.467 e. The Balaban J connectivity index is 1.49. The average Bonchev–Trinajstić information content (AvgIpc) is 3.50. The zero-order chi connectivity index (χ0) is 28.8. The van der Waals surface area contributed by atoms with Crippen molar-refractivity contribution >= 4 is 44.7 Å². The van der Waals surface area contributed by atoms with Crippen LogP contribution in [0.2, 0.25) is 5.02 Å². The Bertz CT molecular complexity index is 1530. The van der Waals surface area contributed by atoms with Gasteiger partial charge in [-0.2, -0.15) is 5.10 Å². The van der Waals surface area contributed by atoms with Gasteiger partial charge in [0, 0.05) is 47.5 Å². The number of aryl methyl sites for hydroxylation is 1. The second-order valence-corrected chi connectivity index (χ2v) is 12.7. The minimum atomic E-state index is -3.58. The number of ether oxygens (including phenoxy) is 1. The number of methoxy groups -OCH3 is 1. The number of anilines is 2. The molecular formula is C26H34ClN7O5S. The molecule has 4 N–H and O–H groups in total. The third kappa shape index (κ3) is 5.75. The lowest BCUT2D eigenvalue weighted by Gasteiger charge is -2.38. The number of halogens is 1. The molecule has 0 amide bonds. The fourth-order valence-corrected chi connectivity index (χ4v) is 6.48. The summed E-state index contributed by atoms with van der Waals surface area (Å²) in [6.45, 7) is 2.97. The largest absolute Gasteiger partial charge is 0.467 e. The molecule has 1 aromatic carbocycles. The Morgan fingerprint density at radius 3 is 2.80 bits per heavy atom. The maximum atomic E-state index is 12.4. The van der Waals surface area contributed by atoms with E-state index >= 15 is 0 Å². The van der Waals surface area contributed by atoms with Crippen LogP contribution in [0.15, 0.2) is 30.5 Å². The van der Waals surface area contributed by atoms with Crippen LogP contribution in [0.3, 0.4) is 0 Å². The molecule has 40 heavy (non-hydrogen) atoms. The number of carbonyl (C=O) groups excluding carboxylic acids is 1. The van der Waals surface area contributed by atoms with Crippen molar-refractivity contribution in [1.29, 1.82) is 0 Å². The zero-order valence-electron chi connectivity index (χ0n) is 22.6. The van der Waals surface area contributed by atoms with Crippen LogP contribution in [0.25, 0.3) is 5.65 Å². The lowest BCUT2D eigenvalue weighted by Crippen LogP contribution is -2.38. The fourth-order valence-electron chi connectivity index (χ4n) is 5.72. The van der Waals surface area contributed by atoms with E-state index in [1.165, 1.54) is 7.11 Å². The molecule has 0 saturated carbocycles. The first-order valence-corrected chi connectivity index (χ1v) is 15.4. The number of rotatable bonds is 7. The van der Waals surface area contributed by atoms with Gasteiger partial charge in [0.25, 0.3) is 0 Å². The van der Waals surface area contributed by atoms with Crippen molar-refractivity contribution in [3.05, 3.63) is 52.3 Å². The monoisotopic (exact) mass is 591 g/mol. The predicted octanol–water partition coefficient (Wildman–Crippen LogP) is 2.36. The molecule has 2 aliphatic heterocycles. The Morgan fingerprint density at radius 2 is 2.08 bits per heavy atom. The number of fused-ring (bicyclic) bond motifs is 1. The number of esters is 1. The molecule has 2 fully saturated rings. The first-order valence-electron chi connectivity index (χ1n) is 13.1. The van der Waals surface area contributed by atoms with Gasteiger partial charge < -0.3 is 20.5 Å². The highest BCUT2D eigenvalue weighted by molar-refractivity contribution is 7.92. The van der Waals surface area contributed by atoms with Gasteiger partial charge in [0.1, 0.15) is 18.1 Å². The molecule has 5 rings (SSSR count). The zero-order valence-corrected chi connectivity index (χ0v) is 24.2. The van der Waals surface area contributed by atoms with Crippen molar-refractivity contribution in [3.63, 3.8) is 0 Å². The fraction of sp³-hybridized carbons (Fsp3) is 0.500. The standard InChI is InChI=1S/C26H34ClN7O5S/c1-15-13-34-23(29-24(15)33-14-17(28)11-22(33)26(36)39-2)12-20(30-34)21-6-4-5-9-32(21)25(35)18-10-16(27)7-8-19(18)31-40(3,37)38/h7-8,10,12-13,17,21-22,25,31,35H,4-6,9,11,14,28H2,1-3H3/t17-,21-,22+,25?/m0/s1. The van der Waals surface area contributed by atoms with Crippen molar-refractivity contribution in [3.8, 4) is 0 Å². The van der Waals surface area contributed by atoms with Crippen LogP contribution >= 0.6 is 11.6 Å². The number of sulfonamides is 1. The van der Waals surface area contributed by atoms with E-state index < -0.39 is 22.3 Å². The van der Waals surface area contributed by atoms with E-state index in [1.807, 2.05) is 29.0 Å². The van der Waals surface area contributed by atoms with Crippen LogP contribution in [-0.4, -0.2) is 77.5 Å². The number of hydrogen-bond donors (Lipinski definition) is 3. The Hall–Kier alpha value is -2.97. The number of benzene rings is 1. The summed E-state index contributed by atoms with van der Waals surface area (Å²) < 4.78 is 33.1. The van der Waals surface area contributed by atoms with Crippen molar-refractivity contribution in [2.24, 2.45) is 5.73 Å². The van der Waals surface area contributed by atoms with E-state index in [0.29, 0.717) is 41.6 Å². The molecule has 0 spiro atoms. The molecule has 2 aliphatic rings. The average molecular weight is 592 g/mol. The molecule has 2 saturated heterocycles. The number of aliphatic hydroxyl groups excluding tert-OH is 1. The number of carbonyl (C=O) groups is 1. The van der Waals surface area contributed by atoms with Gasteiger partial charge in [-0.25, -0.2) is 22.7 Å². The van der Waals surface area contributed by atoms with Gasteiger partial charge in [-0.1, -0.05) is 18.0 Å². The summed E-state index contributed by atoms with van der Waals surface area (Å²) in [5.41, 5.74) is 8.98. The van der Waals surface area contributed by atoms with Crippen molar-refractivity contribution in [2.45, 2.75) is 57.0 Å². The number of hydrogen-bond acceptors (Lipinski definition) is 10. The van der Waals surface area contributed by atoms with Gasteiger partial charge in [0.05, 0.1) is 30.8 Å². The molecule has 1 unspecified atom stereocenters. The topological polar surface area (TPSA) is 155 Å². The molecule has 3 aromatic rings. The SMILES string of the molecule is COC(=O)[C@H]1C[C@H](N)CN1c1nc2cc([C@@H]3CCCCN3C(O)c3cc(Cl)ccc3NS(C)(=O)=O)nn2cc1C. The van der Waals surface area contributed by atoms with Crippen molar-refractivity contribution in [1.82, 2.24) is 19.5 Å². The number of aliphatic hydroxyl groups is 1. The summed E-state index contributed by atoms with van der Waals surface area (Å²) in [5, 5.41) is 16.7. The smallest absolute Gasteiger partial charge is 0.328 e. The molecule has 216 valence electrons. The van der Waals surface area contributed by atoms with Gasteiger partial charge in [-0.05, 0) is 44.4 Å². The molecule has 0 radical (unpaired) electrons. The number of nitrogens with one attached hydrogen (secondary N) is 1. The quantitative estimate of drug-likeness (QED) is 0.349. The van der Waals surface area contributed by atoms with Crippen molar-refractivity contribution in [2.75, 3.05) is 36.1 Å². The second kappa shape index (κ2) is 11.1. The highest BCUT2D eigenvalue weighted by Crippen LogP contribution is 2.39. The van der Waals surface area contributed by atoms with Crippen LogP contribution in [-0.2, 0) is 19.6 Å². The van der Waals surface area contributed by atoms with Crippen LogP contribution in [0.4, 0.5) is 11.5 Å². The van der Waals surface area contributed by atoms with Gasteiger partial charge in [-0.3, -0.25) is 9.62 Å². The van der Waals surface area contributed by atoms with E-state index in [0.717, 1.165) is 36.8 Å². The maximum absolute atomic E-state index is 12.4. The Morgan fingerprint density at radius 1 is 1.30 bits per heavy atom. The van der Waals surface area contributed by atoms with E-state index in [4.69, 9.17) is 32.2 Å². The summed E-state index contributed by atoms with van der Waals surface area (Å²) in [4.78, 5) is 21.1. The van der Waals surface area contributed by atoms with Crippen LogP contribution in [0.1, 0.15) is 54.8 Å². The molecule has 0 aliphatic carbocycles. The van der Waals surface area contributed by atoms with Crippen molar-refractivity contribution < 1.29 is 23.1 Å². The third-order valence-corrected chi connectivity index (χ3v) is 8.32. The van der Waals surface area contributed by atoms with E-state index in [1.54, 1.807) is 22.7 Å². The summed E-state index contributed by atoms with van der Waals surface area (Å²) in [6, 6.07) is 5.65. The molecule has 0 bridgehead atoms. The highest BCUT2D eigenvalue weighted by Gasteiger charge is 2.38. The first-order chi connectivity index (χ1) is 18.9. The summed E-state index contributed by atoms with van der Waals surface area (Å²) >= 11 is 6.24. The number of piperidine rings is 1. The Kier molecular flexibility index (Phi) is 7.94. The normalized spacial score (nSPS) is 22.9. The van der Waals surface area contributed by atoms with Crippen LogP contribution in [0.5, 0.6) is 0 Å². The molecule has 2 aromatic heterocycles. The molecule has 4 heterocycles.